The van der Waals surface area contributed by atoms with Gasteiger partial charge in [0.25, 0.3) is 11.8 Å². The number of fused-ring (bicyclic) bond motifs is 1. The van der Waals surface area contributed by atoms with Crippen molar-refractivity contribution in [3.8, 4) is 5.88 Å². The van der Waals surface area contributed by atoms with E-state index in [1.165, 1.54) is 24.1 Å². The van der Waals surface area contributed by atoms with Crippen molar-refractivity contribution in [3.63, 3.8) is 0 Å². The number of carbonyl (C=O) groups is 5. The van der Waals surface area contributed by atoms with Gasteiger partial charge in [-0.05, 0) is 49.9 Å². The van der Waals surface area contributed by atoms with E-state index in [1.54, 1.807) is 25.1 Å². The Morgan fingerprint density at radius 2 is 1.88 bits per heavy atom. The number of amides is 5. The second-order valence-electron chi connectivity index (χ2n) is 11.1. The van der Waals surface area contributed by atoms with E-state index in [9.17, 15) is 28.4 Å². The molecule has 1 aromatic carbocycles. The Bertz CT molecular complexity index is 1500. The Morgan fingerprint density at radius 3 is 2.53 bits per heavy atom. The Kier molecular flexibility index (Phi) is 8.56. The normalized spacial score (nSPS) is 19.4. The number of aromatic nitrogens is 1. The van der Waals surface area contributed by atoms with E-state index in [0.29, 0.717) is 22.7 Å². The Balaban J connectivity index is 1.55. The highest BCUT2D eigenvalue weighted by atomic mass is 19.1. The second-order valence-corrected chi connectivity index (χ2v) is 11.1. The first-order chi connectivity index (χ1) is 20.6. The summed E-state index contributed by atoms with van der Waals surface area (Å²) >= 11 is 0. The zero-order valence-corrected chi connectivity index (χ0v) is 24.2. The summed E-state index contributed by atoms with van der Waals surface area (Å²) < 4.78 is 19.9. The second kappa shape index (κ2) is 12.3. The lowest BCUT2D eigenvalue weighted by Gasteiger charge is -2.33. The van der Waals surface area contributed by atoms with Crippen LogP contribution in [0.5, 0.6) is 5.88 Å². The van der Waals surface area contributed by atoms with Crippen LogP contribution in [0.1, 0.15) is 78.2 Å². The van der Waals surface area contributed by atoms with Crippen LogP contribution in [0.25, 0.3) is 0 Å². The molecular weight excluding hydrogens is 557 g/mol. The van der Waals surface area contributed by atoms with Crippen LogP contribution in [0.3, 0.4) is 0 Å². The number of carbonyl (C=O) groups excluding carboxylic acids is 5. The number of rotatable bonds is 8. The molecule has 5 amide bonds. The largest absolute Gasteiger partial charge is 0.481 e. The van der Waals surface area contributed by atoms with Crippen LogP contribution >= 0.6 is 0 Å². The van der Waals surface area contributed by atoms with Gasteiger partial charge in [-0.3, -0.25) is 34.2 Å². The average molecular weight is 592 g/mol. The lowest BCUT2D eigenvalue weighted by Crippen LogP contribution is -2.52. The highest BCUT2D eigenvalue weighted by Gasteiger charge is 2.41. The number of nitrogens with zero attached hydrogens (tertiary/aromatic N) is 3. The molecule has 2 fully saturated rings. The van der Waals surface area contributed by atoms with Gasteiger partial charge >= 0.3 is 0 Å². The van der Waals surface area contributed by atoms with Crippen LogP contribution in [0.2, 0.25) is 0 Å². The lowest BCUT2D eigenvalue weighted by molar-refractivity contribution is -0.137. The van der Waals surface area contributed by atoms with Gasteiger partial charge in [0.1, 0.15) is 12.1 Å². The van der Waals surface area contributed by atoms with Gasteiger partial charge in [-0.15, -0.1) is 0 Å². The number of hydrogen-bond donors (Lipinski definition) is 2. The van der Waals surface area contributed by atoms with Crippen molar-refractivity contribution in [1.29, 1.82) is 0 Å². The third-order valence-electron chi connectivity index (χ3n) is 8.30. The Labute approximate surface area is 248 Å². The van der Waals surface area contributed by atoms with Crippen molar-refractivity contribution < 1.29 is 33.1 Å². The van der Waals surface area contributed by atoms with Crippen LogP contribution in [0.15, 0.2) is 42.7 Å². The number of ether oxygens (including phenoxy) is 1. The van der Waals surface area contributed by atoms with Crippen molar-refractivity contribution >= 4 is 35.2 Å². The smallest absolute Gasteiger partial charge is 0.287 e. The fraction of sp³-hybridized carbons (Fsp3) is 0.419. The van der Waals surface area contributed by atoms with Crippen molar-refractivity contribution in [1.82, 2.24) is 20.5 Å². The zero-order chi connectivity index (χ0) is 30.8. The molecule has 2 aliphatic heterocycles. The molecule has 2 unspecified atom stereocenters. The molecule has 5 rings (SSSR count). The summed E-state index contributed by atoms with van der Waals surface area (Å²) in [6.07, 6.45) is 4.85. The first kappa shape index (κ1) is 29.9. The lowest BCUT2D eigenvalue weighted by atomic mass is 9.94. The number of imide groups is 1. The van der Waals surface area contributed by atoms with Gasteiger partial charge in [-0.2, -0.15) is 0 Å². The van der Waals surface area contributed by atoms with Crippen molar-refractivity contribution in [2.75, 3.05) is 12.0 Å². The molecule has 1 saturated heterocycles. The number of nitrogens with one attached hydrogen (secondary N) is 2. The molecule has 0 bridgehead atoms. The Hall–Kier alpha value is -4.61. The number of anilines is 1. The molecule has 2 N–H and O–H groups in total. The molecule has 226 valence electrons. The average Bonchev–Trinajstić information content (AvgIpc) is 3.31. The highest BCUT2D eigenvalue weighted by Crippen LogP contribution is 2.36. The van der Waals surface area contributed by atoms with Crippen LogP contribution < -0.4 is 20.3 Å². The third-order valence-corrected chi connectivity index (χ3v) is 8.30. The fourth-order valence-corrected chi connectivity index (χ4v) is 6.08. The van der Waals surface area contributed by atoms with Crippen molar-refractivity contribution in [2.24, 2.45) is 0 Å². The maximum Gasteiger partial charge on any atom is 0.287 e. The summed E-state index contributed by atoms with van der Waals surface area (Å²) in [6, 6.07) is 5.46. The van der Waals surface area contributed by atoms with Crippen molar-refractivity contribution in [3.05, 3.63) is 65.1 Å². The van der Waals surface area contributed by atoms with Crippen LogP contribution in [0.4, 0.5) is 10.1 Å². The maximum atomic E-state index is 14.7. The summed E-state index contributed by atoms with van der Waals surface area (Å²) in [5.41, 5.74) is 1.64. The van der Waals surface area contributed by atoms with E-state index in [0.717, 1.165) is 37.0 Å². The SMILES string of the molecule is C=C(F)C(=O)N(c1ccc2c(c1)C(=O)N(C1CCC(=O)NC1=O)C2)C(C(=O)NC1CCCCC1)c1ccc(OC)nc1C. The molecule has 1 saturated carbocycles. The first-order valence-corrected chi connectivity index (χ1v) is 14.4. The molecule has 1 aromatic heterocycles. The molecule has 2 atom stereocenters. The van der Waals surface area contributed by atoms with Crippen LogP contribution in [-0.4, -0.2) is 58.6 Å². The quantitative estimate of drug-likeness (QED) is 0.355. The molecule has 3 heterocycles. The topological polar surface area (TPSA) is 138 Å². The van der Waals surface area contributed by atoms with E-state index in [-0.39, 0.29) is 36.7 Å². The van der Waals surface area contributed by atoms with E-state index in [1.807, 2.05) is 0 Å². The molecule has 3 aliphatic rings. The van der Waals surface area contributed by atoms with E-state index in [2.05, 4.69) is 22.2 Å². The van der Waals surface area contributed by atoms with E-state index >= 15 is 0 Å². The number of pyridine rings is 1. The van der Waals surface area contributed by atoms with Crippen LogP contribution in [0, 0.1) is 6.92 Å². The minimum Gasteiger partial charge on any atom is -0.481 e. The van der Waals surface area contributed by atoms with Gasteiger partial charge in [0.2, 0.25) is 23.6 Å². The molecule has 1 aliphatic carbocycles. The molecule has 12 heteroatoms. The highest BCUT2D eigenvalue weighted by molar-refractivity contribution is 6.10. The monoisotopic (exact) mass is 591 g/mol. The van der Waals surface area contributed by atoms with Gasteiger partial charge in [0.05, 0.1) is 7.11 Å². The molecule has 2 aromatic rings. The summed E-state index contributed by atoms with van der Waals surface area (Å²) in [5.74, 6) is -4.06. The Morgan fingerprint density at radius 1 is 1.14 bits per heavy atom. The van der Waals surface area contributed by atoms with Gasteiger partial charge in [0.15, 0.2) is 5.83 Å². The van der Waals surface area contributed by atoms with Crippen LogP contribution in [-0.2, 0) is 25.7 Å². The van der Waals surface area contributed by atoms with Crippen molar-refractivity contribution in [2.45, 2.75) is 76.5 Å². The molecule has 11 nitrogen and oxygen atoms in total. The number of methoxy groups -OCH3 is 1. The van der Waals surface area contributed by atoms with Gasteiger partial charge in [0, 0.05) is 47.6 Å². The molecule has 43 heavy (non-hydrogen) atoms. The van der Waals surface area contributed by atoms with Gasteiger partial charge < -0.3 is 15.0 Å². The summed E-state index contributed by atoms with van der Waals surface area (Å²) in [7, 11) is 1.46. The molecule has 0 spiro atoms. The predicted molar refractivity (Wildman–Crippen MR) is 154 cm³/mol. The fourth-order valence-electron chi connectivity index (χ4n) is 6.08. The van der Waals surface area contributed by atoms with E-state index < -0.39 is 47.4 Å². The standard InChI is InChI=1S/C31H34FN5O6/c1-17(32)30(41)37(21-10-9-19-16-36(31(42)23(19)15-21)24-12-13-25(38)35-28(24)39)27(22-11-14-26(43-3)33-18(22)2)29(40)34-20-7-5-4-6-8-20/h9-11,14-15,20,24,27H,1,4-8,12-13,16H2,2-3H3,(H,34,40)(H,35,38,39). The van der Waals surface area contributed by atoms with Gasteiger partial charge in [-0.25, -0.2) is 9.37 Å². The molecule has 0 radical (unpaired) electrons. The molecular formula is C31H34FN5O6. The predicted octanol–water partition coefficient (Wildman–Crippen LogP) is 3.17. The van der Waals surface area contributed by atoms with Gasteiger partial charge in [-0.1, -0.05) is 31.9 Å². The third kappa shape index (κ3) is 5.99. The number of hydrogen-bond acceptors (Lipinski definition) is 7. The minimum atomic E-state index is -1.35. The number of halogens is 1. The minimum absolute atomic E-state index is 0.0973. The number of benzene rings is 1. The zero-order valence-electron chi connectivity index (χ0n) is 24.2. The number of piperidine rings is 1. The summed E-state index contributed by atoms with van der Waals surface area (Å²) in [4.78, 5) is 71.9. The maximum absolute atomic E-state index is 14.7. The summed E-state index contributed by atoms with van der Waals surface area (Å²) in [6.45, 7) is 4.99. The first-order valence-electron chi connectivity index (χ1n) is 14.4. The number of aryl methyl sites for hydroxylation is 1. The summed E-state index contributed by atoms with van der Waals surface area (Å²) in [5, 5.41) is 5.31. The van der Waals surface area contributed by atoms with E-state index in [4.69, 9.17) is 4.74 Å².